The van der Waals surface area contributed by atoms with E-state index in [-0.39, 0.29) is 23.1 Å². The summed E-state index contributed by atoms with van der Waals surface area (Å²) in [6, 6.07) is 3.99. The average molecular weight is 290 g/mol. The number of rotatable bonds is 5. The summed E-state index contributed by atoms with van der Waals surface area (Å²) in [4.78, 5) is 15.4. The lowest BCUT2D eigenvalue weighted by Gasteiger charge is -2.10. The number of ether oxygens (including phenoxy) is 1. The zero-order valence-electron chi connectivity index (χ0n) is 11.3. The van der Waals surface area contributed by atoms with Gasteiger partial charge in [0.2, 0.25) is 0 Å². The van der Waals surface area contributed by atoms with E-state index in [0.717, 1.165) is 11.8 Å². The number of nitrogens with two attached hydrogens (primary N) is 1. The Bertz CT molecular complexity index is 602. The van der Waals surface area contributed by atoms with E-state index < -0.39 is 0 Å². The highest BCUT2D eigenvalue weighted by Gasteiger charge is 2.18. The summed E-state index contributed by atoms with van der Waals surface area (Å²) in [5.41, 5.74) is 6.81. The third-order valence-electron chi connectivity index (χ3n) is 2.50. The molecular weight excluding hydrogens is 276 g/mol. The summed E-state index contributed by atoms with van der Waals surface area (Å²) >= 11 is 1.09. The monoisotopic (exact) mass is 290 g/mol. The van der Waals surface area contributed by atoms with Gasteiger partial charge in [-0.2, -0.15) is 10.5 Å². The lowest BCUT2D eigenvalue weighted by Crippen LogP contribution is -2.09. The Morgan fingerprint density at radius 1 is 1.35 bits per heavy atom. The number of thioether (sulfide) groups is 1. The van der Waals surface area contributed by atoms with Crippen LogP contribution in [-0.4, -0.2) is 23.3 Å². The number of aromatic nitrogens is 1. The Morgan fingerprint density at radius 3 is 2.50 bits per heavy atom. The number of carbonyl (C=O) groups is 1. The first-order valence-corrected chi connectivity index (χ1v) is 6.98. The molecule has 1 aromatic heterocycles. The van der Waals surface area contributed by atoms with Gasteiger partial charge in [-0.05, 0) is 18.9 Å². The topological polar surface area (TPSA) is 113 Å². The van der Waals surface area contributed by atoms with E-state index in [1.807, 2.05) is 19.1 Å². The molecule has 0 aromatic carbocycles. The Morgan fingerprint density at radius 2 is 2.00 bits per heavy atom. The van der Waals surface area contributed by atoms with Crippen LogP contribution in [0.15, 0.2) is 5.03 Å². The maximum atomic E-state index is 11.3. The molecular formula is C13H14N4O2S. The van der Waals surface area contributed by atoms with Gasteiger partial charge < -0.3 is 10.5 Å². The number of esters is 1. The predicted octanol–water partition coefficient (Wildman–Crippen LogP) is 1.62. The van der Waals surface area contributed by atoms with Gasteiger partial charge in [-0.1, -0.05) is 18.7 Å². The second kappa shape index (κ2) is 7.37. The summed E-state index contributed by atoms with van der Waals surface area (Å²) in [6.07, 6.45) is 0.492. The van der Waals surface area contributed by atoms with Crippen molar-refractivity contribution in [2.24, 2.45) is 0 Å². The maximum Gasteiger partial charge on any atom is 0.316 e. The molecule has 0 unspecified atom stereocenters. The molecule has 1 rings (SSSR count). The number of hydrogen-bond acceptors (Lipinski definition) is 7. The van der Waals surface area contributed by atoms with Crippen molar-refractivity contribution < 1.29 is 9.53 Å². The Balaban J connectivity index is 3.15. The Kier molecular flexibility index (Phi) is 5.82. The molecule has 0 amide bonds. The van der Waals surface area contributed by atoms with Gasteiger partial charge in [-0.3, -0.25) is 4.79 Å². The van der Waals surface area contributed by atoms with Crippen molar-refractivity contribution in [3.63, 3.8) is 0 Å². The fourth-order valence-electron chi connectivity index (χ4n) is 1.66. The maximum absolute atomic E-state index is 11.3. The zero-order chi connectivity index (χ0) is 15.1. The first kappa shape index (κ1) is 15.8. The zero-order valence-corrected chi connectivity index (χ0v) is 12.1. The van der Waals surface area contributed by atoms with Gasteiger partial charge in [-0.15, -0.1) is 0 Å². The minimum absolute atomic E-state index is 0.0456. The fraction of sp³-hybridized carbons (Fsp3) is 0.385. The quantitative estimate of drug-likeness (QED) is 0.647. The van der Waals surface area contributed by atoms with Crippen LogP contribution in [0.25, 0.3) is 0 Å². The first-order chi connectivity index (χ1) is 9.58. The first-order valence-electron chi connectivity index (χ1n) is 5.99. The molecule has 0 radical (unpaired) electrons. The highest BCUT2D eigenvalue weighted by molar-refractivity contribution is 7.99. The average Bonchev–Trinajstić information content (AvgIpc) is 2.44. The van der Waals surface area contributed by atoms with Gasteiger partial charge in [0, 0.05) is 0 Å². The van der Waals surface area contributed by atoms with Crippen LogP contribution < -0.4 is 5.73 Å². The number of pyridine rings is 1. The van der Waals surface area contributed by atoms with Gasteiger partial charge in [0.25, 0.3) is 0 Å². The molecule has 20 heavy (non-hydrogen) atoms. The van der Waals surface area contributed by atoms with Crippen molar-refractivity contribution in [2.75, 3.05) is 18.1 Å². The molecule has 6 nitrogen and oxygen atoms in total. The molecule has 0 saturated carbocycles. The van der Waals surface area contributed by atoms with Gasteiger partial charge in [0.1, 0.15) is 23.0 Å². The summed E-state index contributed by atoms with van der Waals surface area (Å²) in [7, 11) is 0. The minimum Gasteiger partial charge on any atom is -0.465 e. The molecule has 1 aromatic rings. The van der Waals surface area contributed by atoms with E-state index >= 15 is 0 Å². The predicted molar refractivity (Wildman–Crippen MR) is 74.8 cm³/mol. The van der Waals surface area contributed by atoms with E-state index in [1.54, 1.807) is 6.92 Å². The molecule has 0 aliphatic heterocycles. The van der Waals surface area contributed by atoms with Crippen LogP contribution in [0.3, 0.4) is 0 Å². The SMILES string of the molecule is CCOC(=O)CSc1nc(N)c(C#N)c(CC)c1C#N. The number of nitriles is 2. The summed E-state index contributed by atoms with van der Waals surface area (Å²) in [5, 5.41) is 18.7. The van der Waals surface area contributed by atoms with Gasteiger partial charge in [0.05, 0.1) is 23.5 Å². The minimum atomic E-state index is -0.385. The van der Waals surface area contributed by atoms with Crippen LogP contribution in [-0.2, 0) is 16.0 Å². The van der Waals surface area contributed by atoms with Crippen molar-refractivity contribution in [1.29, 1.82) is 10.5 Å². The molecule has 1 heterocycles. The lowest BCUT2D eigenvalue weighted by atomic mass is 10.0. The third kappa shape index (κ3) is 3.40. The van der Waals surface area contributed by atoms with Crippen molar-refractivity contribution >= 4 is 23.5 Å². The van der Waals surface area contributed by atoms with E-state index in [4.69, 9.17) is 15.7 Å². The molecule has 7 heteroatoms. The summed E-state index contributed by atoms with van der Waals surface area (Å²) < 4.78 is 4.81. The second-order valence-electron chi connectivity index (χ2n) is 3.70. The number of carbonyl (C=O) groups excluding carboxylic acids is 1. The normalized spacial score (nSPS) is 9.60. The van der Waals surface area contributed by atoms with Gasteiger partial charge >= 0.3 is 5.97 Å². The summed E-state index contributed by atoms with van der Waals surface area (Å²) in [5.74, 6) is -0.261. The standard InChI is InChI=1S/C13H14N4O2S/c1-3-8-9(5-14)12(16)17-13(10(8)6-15)20-7-11(18)19-4-2/h3-4,7H2,1-2H3,(H2,16,17). The fourth-order valence-corrected chi connectivity index (χ4v) is 2.47. The number of nitrogens with zero attached hydrogens (tertiary/aromatic N) is 3. The molecule has 0 atom stereocenters. The van der Waals surface area contributed by atoms with Crippen LogP contribution in [0, 0.1) is 22.7 Å². The second-order valence-corrected chi connectivity index (χ2v) is 4.67. The highest BCUT2D eigenvalue weighted by atomic mass is 32.2. The van der Waals surface area contributed by atoms with Crippen LogP contribution in [0.1, 0.15) is 30.5 Å². The van der Waals surface area contributed by atoms with Gasteiger partial charge in [-0.25, -0.2) is 4.98 Å². The molecule has 104 valence electrons. The van der Waals surface area contributed by atoms with Crippen LogP contribution in [0.4, 0.5) is 5.82 Å². The molecule has 0 saturated heterocycles. The number of nitrogen functional groups attached to an aromatic ring is 1. The van der Waals surface area contributed by atoms with E-state index in [1.165, 1.54) is 0 Å². The largest absolute Gasteiger partial charge is 0.465 e. The Labute approximate surface area is 121 Å². The summed E-state index contributed by atoms with van der Waals surface area (Å²) in [6.45, 7) is 3.85. The molecule has 0 spiro atoms. The number of hydrogen-bond donors (Lipinski definition) is 1. The van der Waals surface area contributed by atoms with Crippen LogP contribution >= 0.6 is 11.8 Å². The van der Waals surface area contributed by atoms with Crippen LogP contribution in [0.5, 0.6) is 0 Å². The van der Waals surface area contributed by atoms with Crippen molar-refractivity contribution in [3.05, 3.63) is 16.7 Å². The van der Waals surface area contributed by atoms with Gasteiger partial charge in [0.15, 0.2) is 0 Å². The molecule has 0 aliphatic rings. The van der Waals surface area contributed by atoms with E-state index in [9.17, 15) is 10.1 Å². The Hall–Kier alpha value is -2.25. The van der Waals surface area contributed by atoms with Crippen LogP contribution in [0.2, 0.25) is 0 Å². The molecule has 2 N–H and O–H groups in total. The number of anilines is 1. The molecule has 0 aliphatic carbocycles. The highest BCUT2D eigenvalue weighted by Crippen LogP contribution is 2.28. The van der Waals surface area contributed by atoms with Crippen molar-refractivity contribution in [2.45, 2.75) is 25.3 Å². The lowest BCUT2D eigenvalue weighted by molar-refractivity contribution is -0.139. The smallest absolute Gasteiger partial charge is 0.316 e. The van der Waals surface area contributed by atoms with Crippen molar-refractivity contribution in [3.8, 4) is 12.1 Å². The molecule has 0 fully saturated rings. The molecule has 0 bridgehead atoms. The van der Waals surface area contributed by atoms with E-state index in [0.29, 0.717) is 29.2 Å². The van der Waals surface area contributed by atoms with Crippen molar-refractivity contribution in [1.82, 2.24) is 4.98 Å². The van der Waals surface area contributed by atoms with E-state index in [2.05, 4.69) is 4.98 Å². The third-order valence-corrected chi connectivity index (χ3v) is 3.45.